The van der Waals surface area contributed by atoms with Crippen LogP contribution in [0.5, 0.6) is 5.75 Å². The Hall–Kier alpha value is -1.52. The van der Waals surface area contributed by atoms with Crippen LogP contribution in [0.4, 0.5) is 11.4 Å². The van der Waals surface area contributed by atoms with E-state index < -0.39 is 28.2 Å². The Morgan fingerprint density at radius 1 is 1.34 bits per heavy atom. The minimum Gasteiger partial charge on any atom is -0.504 e. The van der Waals surface area contributed by atoms with Gasteiger partial charge < -0.3 is 31.1 Å². The van der Waals surface area contributed by atoms with E-state index in [0.717, 1.165) is 47.5 Å². The van der Waals surface area contributed by atoms with Gasteiger partial charge in [-0.3, -0.25) is 4.99 Å². The molecule has 0 saturated heterocycles. The minimum absolute atomic E-state index is 0.122. The molecule has 0 radical (unpaired) electrons. The molecule has 1 aromatic carbocycles. The molecule has 5 aliphatic rings. The number of phenolic OH excluding ortho intramolecular Hbond substituents is 1. The van der Waals surface area contributed by atoms with Crippen LogP contribution in [0.2, 0.25) is 0 Å². The first-order valence-electron chi connectivity index (χ1n) is 11.7. The summed E-state index contributed by atoms with van der Waals surface area (Å²) in [5.41, 5.74) is 2.34. The number of aliphatic hydroxyl groups is 3. The zero-order chi connectivity index (χ0) is 22.4. The Bertz CT molecular complexity index is 1170. The summed E-state index contributed by atoms with van der Waals surface area (Å²) in [5.74, 6) is -2.02. The molecule has 1 saturated carbocycles. The largest absolute Gasteiger partial charge is 0.504 e. The summed E-state index contributed by atoms with van der Waals surface area (Å²) in [7, 11) is 0. The van der Waals surface area contributed by atoms with Crippen molar-refractivity contribution < 1.29 is 20.4 Å². The fourth-order valence-electron chi connectivity index (χ4n) is 6.91. The summed E-state index contributed by atoms with van der Waals surface area (Å²) in [6, 6.07) is -1.03. The van der Waals surface area contributed by atoms with E-state index >= 15 is 0 Å². The lowest BCUT2D eigenvalue weighted by Gasteiger charge is -2.58. The van der Waals surface area contributed by atoms with Crippen LogP contribution in [0.1, 0.15) is 44.6 Å². The average Bonchev–Trinajstić information content (AvgIpc) is 3.22. The molecule has 1 aromatic rings. The second kappa shape index (κ2) is 6.99. The van der Waals surface area contributed by atoms with Crippen LogP contribution in [0.3, 0.4) is 0 Å². The first kappa shape index (κ1) is 21.0. The molecule has 4 aliphatic heterocycles. The first-order chi connectivity index (χ1) is 15.4. The molecule has 172 valence electrons. The van der Waals surface area contributed by atoms with Gasteiger partial charge >= 0.3 is 0 Å². The summed E-state index contributed by atoms with van der Waals surface area (Å²) < 4.78 is 2.10. The van der Waals surface area contributed by atoms with Crippen LogP contribution in [-0.4, -0.2) is 75.1 Å². The Morgan fingerprint density at radius 3 is 2.94 bits per heavy atom. The van der Waals surface area contributed by atoms with Gasteiger partial charge in [-0.05, 0) is 25.0 Å². The maximum Gasteiger partial charge on any atom is 0.243 e. The fourth-order valence-corrected chi connectivity index (χ4v) is 7.65. The Labute approximate surface area is 194 Å². The third-order valence-corrected chi connectivity index (χ3v) is 9.48. The van der Waals surface area contributed by atoms with E-state index in [9.17, 15) is 20.4 Å². The summed E-state index contributed by atoms with van der Waals surface area (Å²) >= 11 is 3.46. The number of rotatable bonds is 5. The van der Waals surface area contributed by atoms with Crippen LogP contribution >= 0.6 is 15.9 Å². The van der Waals surface area contributed by atoms with Gasteiger partial charge in [0.05, 0.1) is 34.0 Å². The van der Waals surface area contributed by atoms with Gasteiger partial charge in [-0.25, -0.2) is 4.58 Å². The third-order valence-electron chi connectivity index (χ3n) is 8.30. The summed E-state index contributed by atoms with van der Waals surface area (Å²) in [6.07, 6.45) is 5.26. The zero-order valence-electron chi connectivity index (χ0n) is 18.1. The molecule has 4 heterocycles. The number of benzene rings is 1. The van der Waals surface area contributed by atoms with E-state index in [1.807, 2.05) is 6.21 Å². The Balaban J connectivity index is 1.69. The predicted molar refractivity (Wildman–Crippen MR) is 125 cm³/mol. The van der Waals surface area contributed by atoms with E-state index in [0.29, 0.717) is 37.3 Å². The number of alkyl halides is 1. The number of unbranched alkanes of at least 4 members (excludes halogenated alkanes) is 2. The summed E-state index contributed by atoms with van der Waals surface area (Å²) in [5, 5.41) is 54.5. The predicted octanol–water partition coefficient (Wildman–Crippen LogP) is -0.443. The van der Waals surface area contributed by atoms with Gasteiger partial charge in [0.1, 0.15) is 17.1 Å². The highest BCUT2D eigenvalue weighted by Gasteiger charge is 2.72. The molecule has 0 aromatic heterocycles. The molecule has 9 heteroatoms. The maximum absolute atomic E-state index is 11.7. The molecule has 2 bridgehead atoms. The van der Waals surface area contributed by atoms with Crippen LogP contribution in [0.25, 0.3) is 5.57 Å². The zero-order valence-corrected chi connectivity index (χ0v) is 19.7. The van der Waals surface area contributed by atoms with Crippen LogP contribution < -0.4 is 25.8 Å². The number of nitrogens with zero attached hydrogens (tertiary/aromatic N) is 2. The summed E-state index contributed by atoms with van der Waals surface area (Å²) in [4.78, 5) is 3.58. The standard InChI is InChI=1S/C23H29BrN4O4/c1-2-3-4-7-26-19-20-23(31,32)18(24)21(30)22(19)6-8-25-15-13(22)16-12-11(5-9-28(16)20)10-27-14(12)17(15)29/h10,18-21,26,30-32H,2-9H2,1H3,(H,25,27,29)/p+1. The number of aliphatic hydroxyl groups excluding tert-OH is 1. The van der Waals surface area contributed by atoms with E-state index in [1.165, 1.54) is 0 Å². The summed E-state index contributed by atoms with van der Waals surface area (Å²) in [6.45, 7) is 4.08. The molecular formula is C23H30BrN4O4+. The Morgan fingerprint density at radius 2 is 2.16 bits per heavy atom. The minimum atomic E-state index is -2.14. The van der Waals surface area contributed by atoms with Crippen molar-refractivity contribution >= 4 is 39.1 Å². The smallest absolute Gasteiger partial charge is 0.243 e. The lowest BCUT2D eigenvalue weighted by atomic mass is 9.55. The second-order valence-electron chi connectivity index (χ2n) is 9.83. The Kier molecular flexibility index (Phi) is 4.60. The number of hydrogen-bond acceptors (Lipinski definition) is 7. The van der Waals surface area contributed by atoms with Crippen molar-refractivity contribution in [2.45, 2.75) is 73.2 Å². The van der Waals surface area contributed by atoms with Gasteiger partial charge in [-0.2, -0.15) is 0 Å². The van der Waals surface area contributed by atoms with Gasteiger partial charge in [-0.1, -0.05) is 35.7 Å². The van der Waals surface area contributed by atoms with Gasteiger partial charge in [0, 0.05) is 19.2 Å². The molecule has 5 unspecified atom stereocenters. The average molecular weight is 506 g/mol. The van der Waals surface area contributed by atoms with Gasteiger partial charge in [-0.15, -0.1) is 0 Å². The van der Waals surface area contributed by atoms with E-state index in [4.69, 9.17) is 0 Å². The van der Waals surface area contributed by atoms with Crippen LogP contribution in [0, 0.1) is 0 Å². The quantitative estimate of drug-likeness (QED) is 0.106. The van der Waals surface area contributed by atoms with Gasteiger partial charge in [0.25, 0.3) is 0 Å². The normalized spacial score (nSPS) is 35.0. The van der Waals surface area contributed by atoms with Crippen molar-refractivity contribution in [2.75, 3.05) is 25.0 Å². The van der Waals surface area contributed by atoms with E-state index in [1.54, 1.807) is 0 Å². The molecule has 6 N–H and O–H groups in total. The van der Waals surface area contributed by atoms with Crippen molar-refractivity contribution in [1.29, 1.82) is 0 Å². The monoisotopic (exact) mass is 505 g/mol. The highest BCUT2D eigenvalue weighted by molar-refractivity contribution is 9.09. The molecule has 1 aliphatic carbocycles. The molecule has 0 amide bonds. The van der Waals surface area contributed by atoms with Crippen molar-refractivity contribution in [3.05, 3.63) is 16.1 Å². The number of phenols is 1. The van der Waals surface area contributed by atoms with Crippen LogP contribution in [-0.2, 0) is 5.41 Å². The van der Waals surface area contributed by atoms with Crippen molar-refractivity contribution in [1.82, 2.24) is 9.89 Å². The molecule has 1 spiro atoms. The maximum atomic E-state index is 11.7. The number of fused-ring (bicyclic) bond motifs is 2. The molecule has 5 atom stereocenters. The third kappa shape index (κ3) is 2.36. The highest BCUT2D eigenvalue weighted by Crippen LogP contribution is 2.54. The van der Waals surface area contributed by atoms with E-state index in [2.05, 4.69) is 43.1 Å². The number of nitrogens with one attached hydrogen (secondary N) is 2. The fraction of sp³-hybridized carbons (Fsp3) is 0.652. The lowest BCUT2D eigenvalue weighted by molar-refractivity contribution is -0.240. The van der Waals surface area contributed by atoms with Crippen molar-refractivity contribution in [3.8, 4) is 5.75 Å². The number of halogens is 1. The topological polar surface area (TPSA) is 120 Å². The van der Waals surface area contributed by atoms with Crippen molar-refractivity contribution in [3.63, 3.8) is 0 Å². The molecule has 32 heavy (non-hydrogen) atoms. The number of anilines is 1. The number of hydrogen-bond donors (Lipinski definition) is 6. The SMILES string of the molecule is CCCCCNC1C2[N+]3=c4c5c(c(O)c6c4=C(C=N6)CC3)NCCC51C(O)C(Br)C2(O)O. The molecular weight excluding hydrogens is 476 g/mol. The first-order valence-corrected chi connectivity index (χ1v) is 12.6. The van der Waals surface area contributed by atoms with Gasteiger partial charge in [0.2, 0.25) is 17.2 Å². The lowest BCUT2D eigenvalue weighted by Crippen LogP contribution is -2.84. The second-order valence-corrected chi connectivity index (χ2v) is 10.8. The molecule has 6 rings (SSSR count). The van der Waals surface area contributed by atoms with Crippen molar-refractivity contribution in [2.24, 2.45) is 4.99 Å². The number of aromatic hydroxyl groups is 1. The number of aliphatic imine (C=N–C) groups is 1. The van der Waals surface area contributed by atoms with E-state index in [-0.39, 0.29) is 11.8 Å². The molecule has 1 fully saturated rings. The van der Waals surface area contributed by atoms with Crippen LogP contribution in [0.15, 0.2) is 4.99 Å². The molecule has 8 nitrogen and oxygen atoms in total. The van der Waals surface area contributed by atoms with Gasteiger partial charge in [0.15, 0.2) is 5.75 Å². The highest BCUT2D eigenvalue weighted by atomic mass is 79.9.